The van der Waals surface area contributed by atoms with Crippen LogP contribution in [0.5, 0.6) is 0 Å². The van der Waals surface area contributed by atoms with Crippen molar-refractivity contribution in [2.24, 2.45) is 13.0 Å². The number of nitrogens with zero attached hydrogens (tertiary/aromatic N) is 2. The molecular weight excluding hydrogens is 508 g/mol. The van der Waals surface area contributed by atoms with Gasteiger partial charge in [-0.05, 0) is 43.7 Å². The van der Waals surface area contributed by atoms with Gasteiger partial charge in [-0.2, -0.15) is 0 Å². The first kappa shape index (κ1) is 29.2. The molecular formula is C30H42N6O4. The first-order valence-electron chi connectivity index (χ1n) is 14.3. The minimum absolute atomic E-state index is 0.0770. The Morgan fingerprint density at radius 3 is 2.45 bits per heavy atom. The van der Waals surface area contributed by atoms with Crippen molar-refractivity contribution in [2.45, 2.75) is 90.3 Å². The molecule has 1 saturated carbocycles. The van der Waals surface area contributed by atoms with Crippen LogP contribution in [0.25, 0.3) is 10.9 Å². The molecule has 40 heavy (non-hydrogen) atoms. The average molecular weight is 551 g/mol. The van der Waals surface area contributed by atoms with Gasteiger partial charge >= 0.3 is 12.0 Å². The van der Waals surface area contributed by atoms with Crippen LogP contribution in [0.1, 0.15) is 92.4 Å². The Kier molecular flexibility index (Phi) is 9.50. The maximum Gasteiger partial charge on any atom is 0.356 e. The van der Waals surface area contributed by atoms with Crippen molar-refractivity contribution in [3.8, 4) is 0 Å². The second-order valence-corrected chi connectivity index (χ2v) is 11.4. The van der Waals surface area contributed by atoms with Crippen LogP contribution in [0.2, 0.25) is 0 Å². The number of imidazole rings is 1. The highest BCUT2D eigenvalue weighted by atomic mass is 16.4. The summed E-state index contributed by atoms with van der Waals surface area (Å²) in [6, 6.07) is 6.40. The van der Waals surface area contributed by atoms with Gasteiger partial charge in [0.15, 0.2) is 5.69 Å². The molecule has 3 amide bonds. The number of hydrogen-bond donors (Lipinski definition) is 5. The third kappa shape index (κ3) is 7.22. The number of carbonyl (C=O) groups is 3. The minimum atomic E-state index is -1.13. The molecule has 0 radical (unpaired) electrons. The molecule has 3 aromatic rings. The quantitative estimate of drug-likeness (QED) is 0.232. The lowest BCUT2D eigenvalue weighted by molar-refractivity contribution is -0.124. The van der Waals surface area contributed by atoms with Crippen molar-refractivity contribution in [1.82, 2.24) is 30.5 Å². The summed E-state index contributed by atoms with van der Waals surface area (Å²) in [7, 11) is 1.97. The lowest BCUT2D eigenvalue weighted by atomic mass is 10.0. The number of aryl methyl sites for hydroxylation is 2. The van der Waals surface area contributed by atoms with Gasteiger partial charge in [-0.25, -0.2) is 14.6 Å². The number of aromatic carboxylic acids is 1. The van der Waals surface area contributed by atoms with Gasteiger partial charge < -0.3 is 30.6 Å². The molecule has 0 spiro atoms. The number of amides is 3. The molecule has 10 nitrogen and oxygen atoms in total. The van der Waals surface area contributed by atoms with Crippen molar-refractivity contribution in [2.75, 3.05) is 0 Å². The van der Waals surface area contributed by atoms with Crippen molar-refractivity contribution in [3.05, 3.63) is 53.2 Å². The Morgan fingerprint density at radius 2 is 1.80 bits per heavy atom. The molecule has 0 saturated heterocycles. The lowest BCUT2D eigenvalue weighted by Gasteiger charge is -2.25. The number of benzene rings is 1. The van der Waals surface area contributed by atoms with Gasteiger partial charge in [-0.3, -0.25) is 4.79 Å². The number of para-hydroxylation sites is 1. The summed E-state index contributed by atoms with van der Waals surface area (Å²) in [5.41, 5.74) is 2.39. The number of carboxylic acid groups (broad SMARTS) is 1. The molecule has 1 aromatic carbocycles. The van der Waals surface area contributed by atoms with Crippen LogP contribution in [-0.4, -0.2) is 49.6 Å². The van der Waals surface area contributed by atoms with Crippen molar-refractivity contribution >= 4 is 28.8 Å². The second-order valence-electron chi connectivity index (χ2n) is 11.4. The summed E-state index contributed by atoms with van der Waals surface area (Å²) in [6.45, 7) is 5.67. The number of fused-ring (bicyclic) bond motifs is 1. The SMILES string of the molecule is Cc1[nH]c([C@@H](Cc2cn(C)c3ccccc23)NC(=O)[C@H](CC(C)C)NC(=O)NC2CCCCCC2)nc1C(=O)O. The molecule has 4 rings (SSSR count). The normalized spacial score (nSPS) is 15.9. The number of urea groups is 1. The number of carboxylic acids is 1. The van der Waals surface area contributed by atoms with Crippen LogP contribution >= 0.6 is 0 Å². The van der Waals surface area contributed by atoms with E-state index >= 15 is 0 Å². The standard InChI is InChI=1S/C30H42N6O4/c1-18(2)15-24(34-30(40)32-21-11-7-5-6-8-12-21)28(37)33-23(27-31-19(3)26(35-27)29(38)39)16-20-17-36(4)25-14-10-9-13-22(20)25/h9-10,13-14,17-18,21,23-24H,5-8,11-12,15-16H2,1-4H3,(H,31,35)(H,33,37)(H,38,39)(H2,32,34,40)/t23-,24+/m1/s1. The van der Waals surface area contributed by atoms with Gasteiger partial charge in [-0.15, -0.1) is 0 Å². The Bertz CT molecular complexity index is 1340. The molecule has 0 bridgehead atoms. The summed E-state index contributed by atoms with van der Waals surface area (Å²) in [5.74, 6) is -0.942. The lowest BCUT2D eigenvalue weighted by Crippen LogP contribution is -2.53. The molecule has 2 aromatic heterocycles. The zero-order valence-corrected chi connectivity index (χ0v) is 23.9. The van der Waals surface area contributed by atoms with Gasteiger partial charge in [0.25, 0.3) is 0 Å². The Balaban J connectivity index is 1.57. The van der Waals surface area contributed by atoms with Gasteiger partial charge in [0.1, 0.15) is 11.9 Å². The fourth-order valence-corrected chi connectivity index (χ4v) is 5.67. The van der Waals surface area contributed by atoms with E-state index in [9.17, 15) is 19.5 Å². The molecule has 0 aliphatic heterocycles. The highest BCUT2D eigenvalue weighted by Gasteiger charge is 2.29. The Hall–Kier alpha value is -3.82. The van der Waals surface area contributed by atoms with Crippen LogP contribution in [0.4, 0.5) is 4.79 Å². The maximum absolute atomic E-state index is 13.7. The fraction of sp³-hybridized carbons (Fsp3) is 0.533. The molecule has 10 heteroatoms. The van der Waals surface area contributed by atoms with E-state index in [2.05, 4.69) is 25.9 Å². The maximum atomic E-state index is 13.7. The second kappa shape index (κ2) is 13.0. The van der Waals surface area contributed by atoms with Crippen LogP contribution < -0.4 is 16.0 Å². The number of aromatic amines is 1. The van der Waals surface area contributed by atoms with Gasteiger partial charge in [0.2, 0.25) is 5.91 Å². The third-order valence-corrected chi connectivity index (χ3v) is 7.67. The third-order valence-electron chi connectivity index (χ3n) is 7.67. The van der Waals surface area contributed by atoms with E-state index in [1.807, 2.05) is 55.9 Å². The number of nitrogens with one attached hydrogen (secondary N) is 4. The number of carbonyl (C=O) groups excluding carboxylic acids is 2. The van der Waals surface area contributed by atoms with E-state index in [0.29, 0.717) is 24.4 Å². The van der Waals surface area contributed by atoms with E-state index in [1.54, 1.807) is 6.92 Å². The monoisotopic (exact) mass is 550 g/mol. The summed E-state index contributed by atoms with van der Waals surface area (Å²) in [4.78, 5) is 45.8. The smallest absolute Gasteiger partial charge is 0.356 e. The first-order valence-corrected chi connectivity index (χ1v) is 14.3. The van der Waals surface area contributed by atoms with Crippen LogP contribution in [0.15, 0.2) is 30.5 Å². The molecule has 2 heterocycles. The van der Waals surface area contributed by atoms with E-state index in [1.165, 1.54) is 12.8 Å². The topological polar surface area (TPSA) is 141 Å². The van der Waals surface area contributed by atoms with Crippen molar-refractivity contribution in [3.63, 3.8) is 0 Å². The number of aromatic nitrogens is 3. The highest BCUT2D eigenvalue weighted by Crippen LogP contribution is 2.26. The molecule has 1 aliphatic carbocycles. The Morgan fingerprint density at radius 1 is 1.10 bits per heavy atom. The summed E-state index contributed by atoms with van der Waals surface area (Å²) in [6.07, 6.45) is 9.33. The average Bonchev–Trinajstić information content (AvgIpc) is 3.32. The van der Waals surface area contributed by atoms with Gasteiger partial charge in [0, 0.05) is 42.3 Å². The largest absolute Gasteiger partial charge is 0.476 e. The summed E-state index contributed by atoms with van der Waals surface area (Å²) in [5, 5.41) is 19.7. The molecule has 1 fully saturated rings. The molecule has 1 aliphatic rings. The number of rotatable bonds is 10. The van der Waals surface area contributed by atoms with Crippen molar-refractivity contribution < 1.29 is 19.5 Å². The molecule has 0 unspecified atom stereocenters. The minimum Gasteiger partial charge on any atom is -0.476 e. The van der Waals surface area contributed by atoms with Crippen LogP contribution in [0.3, 0.4) is 0 Å². The van der Waals surface area contributed by atoms with Gasteiger partial charge in [-0.1, -0.05) is 57.7 Å². The predicted molar refractivity (Wildman–Crippen MR) is 154 cm³/mol. The zero-order valence-electron chi connectivity index (χ0n) is 23.9. The van der Waals surface area contributed by atoms with Crippen LogP contribution in [0, 0.1) is 12.8 Å². The van der Waals surface area contributed by atoms with E-state index in [-0.39, 0.29) is 29.6 Å². The van der Waals surface area contributed by atoms with E-state index in [0.717, 1.165) is 42.1 Å². The van der Waals surface area contributed by atoms with E-state index < -0.39 is 18.1 Å². The molecule has 216 valence electrons. The molecule has 5 N–H and O–H groups in total. The first-order chi connectivity index (χ1) is 19.1. The summed E-state index contributed by atoms with van der Waals surface area (Å²) >= 11 is 0. The highest BCUT2D eigenvalue weighted by molar-refractivity contribution is 5.88. The van der Waals surface area contributed by atoms with Gasteiger partial charge in [0.05, 0.1) is 6.04 Å². The van der Waals surface area contributed by atoms with Crippen molar-refractivity contribution in [1.29, 1.82) is 0 Å². The zero-order chi connectivity index (χ0) is 28.8. The fourth-order valence-electron chi connectivity index (χ4n) is 5.67. The van der Waals surface area contributed by atoms with Crippen LogP contribution in [-0.2, 0) is 18.3 Å². The summed E-state index contributed by atoms with van der Waals surface area (Å²) < 4.78 is 2.03. The molecule has 2 atom stereocenters. The number of hydrogen-bond acceptors (Lipinski definition) is 4. The number of H-pyrrole nitrogens is 1. The van der Waals surface area contributed by atoms with E-state index in [4.69, 9.17) is 0 Å². The Labute approximate surface area is 235 Å². The predicted octanol–water partition coefficient (Wildman–Crippen LogP) is 4.74.